The third kappa shape index (κ3) is 4.55. The summed E-state index contributed by atoms with van der Waals surface area (Å²) in [4.78, 5) is 33.2. The molecule has 0 spiro atoms. The summed E-state index contributed by atoms with van der Waals surface area (Å²) in [5, 5.41) is 4.06. The summed E-state index contributed by atoms with van der Waals surface area (Å²) in [6, 6.07) is 5.14. The van der Waals surface area contributed by atoms with Crippen LogP contribution in [0.4, 0.5) is 14.5 Å². The lowest BCUT2D eigenvalue weighted by Gasteiger charge is -2.20. The van der Waals surface area contributed by atoms with Crippen molar-refractivity contribution >= 4 is 33.1 Å². The third-order valence-corrected chi connectivity index (χ3v) is 4.77. The fraction of sp³-hybridized carbons (Fsp3) is 0.278. The van der Waals surface area contributed by atoms with Gasteiger partial charge in [-0.15, -0.1) is 11.3 Å². The van der Waals surface area contributed by atoms with Gasteiger partial charge in [0.1, 0.15) is 27.8 Å². The average Bonchev–Trinajstić information content (AvgIpc) is 3.07. The van der Waals surface area contributed by atoms with Gasteiger partial charge in [-0.3, -0.25) is 14.5 Å². The first-order chi connectivity index (χ1) is 13.0. The van der Waals surface area contributed by atoms with E-state index in [0.29, 0.717) is 22.6 Å². The van der Waals surface area contributed by atoms with E-state index in [2.05, 4.69) is 15.3 Å². The van der Waals surface area contributed by atoms with Gasteiger partial charge in [-0.05, 0) is 36.5 Å². The minimum Gasteiger partial charge on any atom is -0.320 e. The van der Waals surface area contributed by atoms with E-state index in [1.54, 1.807) is 16.3 Å². The van der Waals surface area contributed by atoms with Crippen molar-refractivity contribution in [2.24, 2.45) is 0 Å². The topological polar surface area (TPSA) is 78.1 Å². The fourth-order valence-electron chi connectivity index (χ4n) is 2.74. The van der Waals surface area contributed by atoms with E-state index in [4.69, 9.17) is 0 Å². The Labute approximate surface area is 157 Å². The number of carbonyl (C=O) groups excluding carboxylic acids is 1. The first-order valence-corrected chi connectivity index (χ1v) is 9.28. The van der Waals surface area contributed by atoms with Crippen LogP contribution in [0.2, 0.25) is 0 Å². The Morgan fingerprint density at radius 2 is 2.04 bits per heavy atom. The van der Waals surface area contributed by atoms with Gasteiger partial charge in [0.2, 0.25) is 5.91 Å². The quantitative estimate of drug-likeness (QED) is 0.648. The predicted octanol–water partition coefficient (Wildman–Crippen LogP) is 3.11. The van der Waals surface area contributed by atoms with Crippen LogP contribution in [0.1, 0.15) is 19.2 Å². The minimum atomic E-state index is -0.834. The monoisotopic (exact) mass is 392 g/mol. The van der Waals surface area contributed by atoms with E-state index >= 15 is 0 Å². The molecule has 27 heavy (non-hydrogen) atoms. The smallest absolute Gasteiger partial charge is 0.268 e. The molecule has 2 N–H and O–H groups in total. The zero-order valence-corrected chi connectivity index (χ0v) is 15.4. The highest BCUT2D eigenvalue weighted by atomic mass is 32.1. The molecule has 142 valence electrons. The molecular weight excluding hydrogens is 374 g/mol. The largest absolute Gasteiger partial charge is 0.320 e. The number of halogens is 2. The molecular formula is C18H18F2N4O2S. The molecule has 0 fully saturated rings. The number of para-hydroxylation sites is 1. The van der Waals surface area contributed by atoms with Crippen molar-refractivity contribution in [2.45, 2.75) is 19.9 Å². The van der Waals surface area contributed by atoms with E-state index in [9.17, 15) is 18.4 Å². The highest BCUT2D eigenvalue weighted by Crippen LogP contribution is 2.18. The number of amides is 1. The number of thiophene rings is 1. The highest BCUT2D eigenvalue weighted by Gasteiger charge is 2.16. The van der Waals surface area contributed by atoms with E-state index in [-0.39, 0.29) is 18.6 Å². The maximum Gasteiger partial charge on any atom is 0.268 e. The van der Waals surface area contributed by atoms with Crippen LogP contribution in [0.15, 0.2) is 34.4 Å². The van der Waals surface area contributed by atoms with Gasteiger partial charge in [-0.25, -0.2) is 13.8 Å². The fourth-order valence-corrected chi connectivity index (χ4v) is 3.46. The molecule has 0 saturated carbocycles. The van der Waals surface area contributed by atoms with Crippen LogP contribution in [0.5, 0.6) is 0 Å². The molecule has 2 heterocycles. The third-order valence-electron chi connectivity index (χ3n) is 3.87. The molecule has 1 aromatic carbocycles. The van der Waals surface area contributed by atoms with Gasteiger partial charge in [0.15, 0.2) is 0 Å². The lowest BCUT2D eigenvalue weighted by molar-refractivity contribution is -0.117. The molecule has 6 nitrogen and oxygen atoms in total. The Hall–Kier alpha value is -2.65. The molecule has 2 aromatic heterocycles. The van der Waals surface area contributed by atoms with Crippen LogP contribution in [0.3, 0.4) is 0 Å². The first-order valence-electron chi connectivity index (χ1n) is 8.40. The van der Waals surface area contributed by atoms with Gasteiger partial charge in [0.25, 0.3) is 5.56 Å². The maximum atomic E-state index is 13.7. The van der Waals surface area contributed by atoms with Crippen molar-refractivity contribution in [3.8, 4) is 0 Å². The number of aromatic nitrogens is 2. The molecule has 3 aromatic rings. The maximum absolute atomic E-state index is 13.7. The number of carbonyl (C=O) groups is 1. The Morgan fingerprint density at radius 3 is 2.74 bits per heavy atom. The Morgan fingerprint density at radius 1 is 1.30 bits per heavy atom. The second kappa shape index (κ2) is 8.36. The first kappa shape index (κ1) is 19.1. The van der Waals surface area contributed by atoms with Crippen LogP contribution < -0.4 is 10.9 Å². The van der Waals surface area contributed by atoms with Crippen LogP contribution in [0, 0.1) is 11.6 Å². The number of benzene rings is 1. The number of rotatable bonds is 7. The normalized spacial score (nSPS) is 11.3. The van der Waals surface area contributed by atoms with Crippen LogP contribution in [-0.4, -0.2) is 33.9 Å². The summed E-state index contributed by atoms with van der Waals surface area (Å²) >= 11 is 1.31. The number of anilines is 1. The number of nitrogens with one attached hydrogen (secondary N) is 2. The standard InChI is InChI=1S/C18H18F2N4O2S/c1-2-7-24(9-14-21-13-6-8-27-17(13)18(26)22-14)10-15(25)23-16-11(19)4-3-5-12(16)20/h3-6,8H,2,7,9-10H2,1H3,(H,23,25)(H,21,22,26). The SMILES string of the molecule is CCCN(CC(=O)Nc1c(F)cccc1F)Cc1nc2ccsc2c(=O)[nH]1. The summed E-state index contributed by atoms with van der Waals surface area (Å²) in [6.45, 7) is 2.65. The Bertz CT molecular complexity index is 998. The number of hydrogen-bond donors (Lipinski definition) is 2. The van der Waals surface area contributed by atoms with Crippen molar-refractivity contribution in [3.05, 3.63) is 57.5 Å². The van der Waals surface area contributed by atoms with Crippen molar-refractivity contribution in [1.29, 1.82) is 0 Å². The van der Waals surface area contributed by atoms with E-state index in [1.165, 1.54) is 17.4 Å². The van der Waals surface area contributed by atoms with Crippen molar-refractivity contribution < 1.29 is 13.6 Å². The highest BCUT2D eigenvalue weighted by molar-refractivity contribution is 7.17. The molecule has 0 radical (unpaired) electrons. The van der Waals surface area contributed by atoms with Crippen molar-refractivity contribution in [3.63, 3.8) is 0 Å². The molecule has 0 aliphatic heterocycles. The summed E-state index contributed by atoms with van der Waals surface area (Å²) in [7, 11) is 0. The number of hydrogen-bond acceptors (Lipinski definition) is 5. The number of fused-ring (bicyclic) bond motifs is 1. The second-order valence-electron chi connectivity index (χ2n) is 6.00. The lowest BCUT2D eigenvalue weighted by Crippen LogP contribution is -2.34. The second-order valence-corrected chi connectivity index (χ2v) is 6.92. The Balaban J connectivity index is 1.73. The molecule has 0 atom stereocenters. The summed E-state index contributed by atoms with van der Waals surface area (Å²) in [5.74, 6) is -1.78. The van der Waals surface area contributed by atoms with Gasteiger partial charge < -0.3 is 10.3 Å². The summed E-state index contributed by atoms with van der Waals surface area (Å²) < 4.78 is 27.9. The lowest BCUT2D eigenvalue weighted by atomic mass is 10.3. The van der Waals surface area contributed by atoms with Gasteiger partial charge in [-0.2, -0.15) is 0 Å². The molecule has 0 aliphatic rings. The molecule has 0 bridgehead atoms. The predicted molar refractivity (Wildman–Crippen MR) is 101 cm³/mol. The summed E-state index contributed by atoms with van der Waals surface area (Å²) in [5.41, 5.74) is -0.0856. The van der Waals surface area contributed by atoms with Crippen molar-refractivity contribution in [1.82, 2.24) is 14.9 Å². The molecule has 0 unspecified atom stereocenters. The van der Waals surface area contributed by atoms with E-state index in [0.717, 1.165) is 18.6 Å². The van der Waals surface area contributed by atoms with Crippen LogP contribution in [0.25, 0.3) is 10.2 Å². The van der Waals surface area contributed by atoms with E-state index in [1.807, 2.05) is 6.92 Å². The van der Waals surface area contributed by atoms with Gasteiger partial charge in [0, 0.05) is 0 Å². The minimum absolute atomic E-state index is 0.0903. The van der Waals surface area contributed by atoms with E-state index < -0.39 is 23.2 Å². The van der Waals surface area contributed by atoms with Gasteiger partial charge >= 0.3 is 0 Å². The van der Waals surface area contributed by atoms with Gasteiger partial charge in [-0.1, -0.05) is 13.0 Å². The average molecular weight is 392 g/mol. The molecule has 0 saturated heterocycles. The molecule has 3 rings (SSSR count). The number of aromatic amines is 1. The molecule has 1 amide bonds. The number of H-pyrrole nitrogens is 1. The summed E-state index contributed by atoms with van der Waals surface area (Å²) in [6.07, 6.45) is 0.756. The van der Waals surface area contributed by atoms with Crippen LogP contribution in [-0.2, 0) is 11.3 Å². The van der Waals surface area contributed by atoms with Gasteiger partial charge in [0.05, 0.1) is 18.6 Å². The van der Waals surface area contributed by atoms with Crippen molar-refractivity contribution in [2.75, 3.05) is 18.4 Å². The molecule has 9 heteroatoms. The zero-order chi connectivity index (χ0) is 19.4. The Kier molecular flexibility index (Phi) is 5.92. The zero-order valence-electron chi connectivity index (χ0n) is 14.6. The molecule has 0 aliphatic carbocycles. The van der Waals surface area contributed by atoms with Crippen LogP contribution >= 0.6 is 11.3 Å². The number of nitrogens with zero attached hydrogens (tertiary/aromatic N) is 2.